The first-order valence-corrected chi connectivity index (χ1v) is 9.02. The number of nitrogens with zero attached hydrogens (tertiary/aromatic N) is 1. The van der Waals surface area contributed by atoms with Crippen molar-refractivity contribution in [2.45, 2.75) is 4.71 Å². The molecule has 0 radical (unpaired) electrons. The third kappa shape index (κ3) is 3.95. The molecular formula is C17H11Cl3N2OS. The number of thioether (sulfide) groups is 1. The number of halogens is 3. The van der Waals surface area contributed by atoms with Crippen molar-refractivity contribution >= 4 is 58.2 Å². The van der Waals surface area contributed by atoms with Crippen LogP contribution < -0.4 is 5.32 Å². The first-order valence-electron chi connectivity index (χ1n) is 6.95. The van der Waals surface area contributed by atoms with Crippen LogP contribution in [0, 0.1) is 0 Å². The lowest BCUT2D eigenvalue weighted by atomic mass is 10.1. The smallest absolute Gasteiger partial charge is 0.253 e. The standard InChI is InChI=1S/C17H11Cl3N2OS/c18-13-6-4-10(9-12(13)14-3-1-2-8-21-14)22-17(23)11-5-7-15(19)24-16(11)20/h1-9,16H,(H,22,23). The van der Waals surface area contributed by atoms with Gasteiger partial charge in [-0.3, -0.25) is 9.78 Å². The summed E-state index contributed by atoms with van der Waals surface area (Å²) in [5, 5.41) is 3.39. The number of carbonyl (C=O) groups is 1. The molecule has 1 unspecified atom stereocenters. The van der Waals surface area contributed by atoms with Gasteiger partial charge < -0.3 is 5.32 Å². The van der Waals surface area contributed by atoms with Crippen LogP contribution in [-0.4, -0.2) is 15.6 Å². The van der Waals surface area contributed by atoms with Gasteiger partial charge in [-0.15, -0.1) is 11.6 Å². The van der Waals surface area contributed by atoms with Crippen molar-refractivity contribution < 1.29 is 4.79 Å². The highest BCUT2D eigenvalue weighted by molar-refractivity contribution is 8.06. The summed E-state index contributed by atoms with van der Waals surface area (Å²) in [6, 6.07) is 10.8. The Morgan fingerprint density at radius 3 is 2.71 bits per heavy atom. The van der Waals surface area contributed by atoms with Crippen molar-refractivity contribution in [2.75, 3.05) is 5.32 Å². The zero-order valence-corrected chi connectivity index (χ0v) is 15.3. The van der Waals surface area contributed by atoms with E-state index in [1.54, 1.807) is 36.5 Å². The number of amides is 1. The summed E-state index contributed by atoms with van der Waals surface area (Å²) in [5.74, 6) is -0.280. The summed E-state index contributed by atoms with van der Waals surface area (Å²) in [4.78, 5) is 16.7. The highest BCUT2D eigenvalue weighted by Gasteiger charge is 2.23. The summed E-state index contributed by atoms with van der Waals surface area (Å²) in [6.07, 6.45) is 4.97. The minimum Gasteiger partial charge on any atom is -0.322 e. The maximum absolute atomic E-state index is 12.4. The van der Waals surface area contributed by atoms with Gasteiger partial charge in [-0.05, 0) is 42.5 Å². The predicted molar refractivity (Wildman–Crippen MR) is 103 cm³/mol. The summed E-state index contributed by atoms with van der Waals surface area (Å²) >= 11 is 19.5. The van der Waals surface area contributed by atoms with E-state index in [0.717, 1.165) is 11.3 Å². The summed E-state index contributed by atoms with van der Waals surface area (Å²) < 4.78 is 0.0283. The van der Waals surface area contributed by atoms with Crippen molar-refractivity contribution in [1.82, 2.24) is 4.98 Å². The van der Waals surface area contributed by atoms with E-state index in [1.807, 2.05) is 18.2 Å². The molecule has 0 aliphatic carbocycles. The molecule has 3 rings (SSSR count). The van der Waals surface area contributed by atoms with Crippen molar-refractivity contribution in [2.24, 2.45) is 0 Å². The van der Waals surface area contributed by atoms with Crippen molar-refractivity contribution in [3.8, 4) is 11.3 Å². The average Bonchev–Trinajstić information content (AvgIpc) is 2.57. The number of hydrogen-bond acceptors (Lipinski definition) is 3. The Bertz CT molecular complexity index is 837. The molecule has 1 amide bonds. The molecule has 0 spiro atoms. The molecule has 1 N–H and O–H groups in total. The summed E-state index contributed by atoms with van der Waals surface area (Å²) in [6.45, 7) is 0. The number of rotatable bonds is 3. The number of aromatic nitrogens is 1. The molecule has 24 heavy (non-hydrogen) atoms. The van der Waals surface area contributed by atoms with Crippen molar-refractivity contribution in [3.63, 3.8) is 0 Å². The van der Waals surface area contributed by atoms with Crippen LogP contribution in [0.15, 0.2) is 64.7 Å². The van der Waals surface area contributed by atoms with E-state index in [0.29, 0.717) is 20.6 Å². The van der Waals surface area contributed by atoms with Crippen LogP contribution in [0.4, 0.5) is 5.69 Å². The first-order chi connectivity index (χ1) is 11.5. The number of carbonyl (C=O) groups excluding carboxylic acids is 1. The highest BCUT2D eigenvalue weighted by Crippen LogP contribution is 2.37. The van der Waals surface area contributed by atoms with Gasteiger partial charge in [0, 0.05) is 23.0 Å². The van der Waals surface area contributed by atoms with Gasteiger partial charge >= 0.3 is 0 Å². The van der Waals surface area contributed by atoms with Crippen LogP contribution in [-0.2, 0) is 4.79 Å². The maximum Gasteiger partial charge on any atom is 0.253 e. The van der Waals surface area contributed by atoms with Gasteiger partial charge in [0.1, 0.15) is 4.71 Å². The predicted octanol–water partition coefficient (Wildman–Crippen LogP) is 5.66. The summed E-state index contributed by atoms with van der Waals surface area (Å²) in [5.41, 5.74) is 2.53. The Labute approximate surface area is 158 Å². The van der Waals surface area contributed by atoms with E-state index in [2.05, 4.69) is 10.3 Å². The van der Waals surface area contributed by atoms with Gasteiger partial charge in [0.25, 0.3) is 5.91 Å². The average molecular weight is 398 g/mol. The Hall–Kier alpha value is -1.46. The third-order valence-corrected chi connectivity index (χ3v) is 5.33. The van der Waals surface area contributed by atoms with Gasteiger partial charge in [-0.2, -0.15) is 0 Å². The second kappa shape index (κ2) is 7.62. The maximum atomic E-state index is 12.4. The van der Waals surface area contributed by atoms with Crippen LogP contribution in [0.5, 0.6) is 0 Å². The quantitative estimate of drug-likeness (QED) is 0.680. The molecule has 1 aromatic heterocycles. The molecule has 0 saturated heterocycles. The second-order valence-corrected chi connectivity index (χ2v) is 7.77. The fourth-order valence-electron chi connectivity index (χ4n) is 2.14. The number of alkyl halides is 1. The van der Waals surface area contributed by atoms with Crippen molar-refractivity contribution in [3.05, 3.63) is 69.7 Å². The molecule has 7 heteroatoms. The van der Waals surface area contributed by atoms with E-state index in [1.165, 1.54) is 11.8 Å². The molecule has 2 aromatic rings. The zero-order valence-electron chi connectivity index (χ0n) is 12.2. The highest BCUT2D eigenvalue weighted by atomic mass is 35.5. The topological polar surface area (TPSA) is 42.0 Å². The molecule has 2 heterocycles. The van der Waals surface area contributed by atoms with Crippen LogP contribution >= 0.6 is 46.6 Å². The normalized spacial score (nSPS) is 17.0. The van der Waals surface area contributed by atoms with Gasteiger partial charge in [-0.1, -0.05) is 41.0 Å². The van der Waals surface area contributed by atoms with E-state index in [9.17, 15) is 4.79 Å². The molecule has 1 aliphatic rings. The Balaban J connectivity index is 1.85. The van der Waals surface area contributed by atoms with E-state index in [-0.39, 0.29) is 5.91 Å². The minimum atomic E-state index is -0.523. The Kier molecular flexibility index (Phi) is 5.51. The lowest BCUT2D eigenvalue weighted by Gasteiger charge is -2.16. The zero-order chi connectivity index (χ0) is 17.1. The Morgan fingerprint density at radius 1 is 1.17 bits per heavy atom. The molecular weight excluding hydrogens is 387 g/mol. The monoisotopic (exact) mass is 396 g/mol. The van der Waals surface area contributed by atoms with E-state index in [4.69, 9.17) is 34.8 Å². The fourth-order valence-corrected chi connectivity index (χ4v) is 3.93. The number of allylic oxidation sites excluding steroid dienone is 2. The molecule has 1 aliphatic heterocycles. The number of nitrogens with one attached hydrogen (secondary N) is 1. The van der Waals surface area contributed by atoms with Crippen LogP contribution in [0.1, 0.15) is 0 Å². The van der Waals surface area contributed by atoms with Crippen LogP contribution in [0.25, 0.3) is 11.3 Å². The number of pyridine rings is 1. The number of anilines is 1. The molecule has 0 bridgehead atoms. The van der Waals surface area contributed by atoms with Gasteiger partial charge in [-0.25, -0.2) is 0 Å². The van der Waals surface area contributed by atoms with Gasteiger partial charge in [0.15, 0.2) is 0 Å². The minimum absolute atomic E-state index is 0.280. The van der Waals surface area contributed by atoms with E-state index < -0.39 is 4.71 Å². The van der Waals surface area contributed by atoms with Crippen LogP contribution in [0.2, 0.25) is 5.02 Å². The lowest BCUT2D eigenvalue weighted by molar-refractivity contribution is -0.112. The third-order valence-electron chi connectivity index (χ3n) is 3.28. The van der Waals surface area contributed by atoms with Crippen LogP contribution in [0.3, 0.4) is 0 Å². The largest absolute Gasteiger partial charge is 0.322 e. The summed E-state index contributed by atoms with van der Waals surface area (Å²) in [7, 11) is 0. The molecule has 122 valence electrons. The van der Waals surface area contributed by atoms with Gasteiger partial charge in [0.05, 0.1) is 15.1 Å². The first kappa shape index (κ1) is 17.4. The second-order valence-electron chi connectivity index (χ2n) is 4.89. The fraction of sp³-hybridized carbons (Fsp3) is 0.0588. The SMILES string of the molecule is O=C(Nc1ccc(Cl)c(-c2ccccn2)c1)C1=CC=C(Cl)SC1Cl. The molecule has 0 saturated carbocycles. The lowest BCUT2D eigenvalue weighted by Crippen LogP contribution is -2.20. The molecule has 1 aromatic carbocycles. The Morgan fingerprint density at radius 2 is 2.00 bits per heavy atom. The van der Waals surface area contributed by atoms with Gasteiger partial charge in [0.2, 0.25) is 0 Å². The molecule has 1 atom stereocenters. The number of hydrogen-bond donors (Lipinski definition) is 1. The molecule has 0 fully saturated rings. The number of benzene rings is 1. The molecule has 3 nitrogen and oxygen atoms in total. The van der Waals surface area contributed by atoms with E-state index >= 15 is 0 Å². The van der Waals surface area contributed by atoms with Crippen molar-refractivity contribution in [1.29, 1.82) is 0 Å².